The molecule has 1 aromatic carbocycles. The zero-order valence-electron chi connectivity index (χ0n) is 8.01. The molecular weight excluding hydrogens is 222 g/mol. The highest BCUT2D eigenvalue weighted by molar-refractivity contribution is 5.85. The normalized spacial score (nSPS) is 11.3. The second-order valence-corrected chi connectivity index (χ2v) is 2.72. The molecule has 0 amide bonds. The van der Waals surface area contributed by atoms with E-state index in [9.17, 15) is 9.90 Å². The highest BCUT2D eigenvalue weighted by Gasteiger charge is 2.20. The maximum Gasteiger partial charge on any atom is 0.327 e. The molecule has 6 heteroatoms. The van der Waals surface area contributed by atoms with Crippen LogP contribution in [0.3, 0.4) is 0 Å². The molecule has 0 fully saturated rings. The van der Waals surface area contributed by atoms with E-state index < -0.39 is 17.8 Å². The molecule has 0 aliphatic carbocycles. The van der Waals surface area contributed by atoms with Crippen molar-refractivity contribution in [3.8, 4) is 11.5 Å². The maximum atomic E-state index is 11.0. The largest absolute Gasteiger partial charge is 0.504 e. The van der Waals surface area contributed by atoms with Crippen molar-refractivity contribution in [2.45, 2.75) is 6.04 Å². The van der Waals surface area contributed by atoms with Crippen LogP contribution in [0.25, 0.3) is 0 Å². The van der Waals surface area contributed by atoms with Gasteiger partial charge in [0.25, 0.3) is 0 Å². The Hall–Kier alpha value is -1.46. The first-order valence-electron chi connectivity index (χ1n) is 3.92. The number of benzene rings is 1. The van der Waals surface area contributed by atoms with Gasteiger partial charge in [-0.3, -0.25) is 4.79 Å². The first-order chi connectivity index (χ1) is 6.57. The summed E-state index contributed by atoms with van der Waals surface area (Å²) in [6, 6.07) is 3.12. The predicted octanol–water partition coefficient (Wildman–Crippen LogP) is 0.692. The molecule has 1 atom stereocenters. The number of esters is 1. The minimum absolute atomic E-state index is 0. The Labute approximate surface area is 92.9 Å². The lowest BCUT2D eigenvalue weighted by molar-refractivity contribution is -0.142. The predicted molar refractivity (Wildman–Crippen MR) is 56.0 cm³/mol. The van der Waals surface area contributed by atoms with Gasteiger partial charge in [0.2, 0.25) is 0 Å². The summed E-state index contributed by atoms with van der Waals surface area (Å²) >= 11 is 0. The van der Waals surface area contributed by atoms with E-state index in [2.05, 4.69) is 4.74 Å². The van der Waals surface area contributed by atoms with Crippen molar-refractivity contribution >= 4 is 18.4 Å². The Morgan fingerprint density at radius 1 is 1.47 bits per heavy atom. The molecule has 84 valence electrons. The van der Waals surface area contributed by atoms with E-state index in [4.69, 9.17) is 10.8 Å². The van der Waals surface area contributed by atoms with Crippen LogP contribution in [-0.2, 0) is 9.53 Å². The molecule has 15 heavy (non-hydrogen) atoms. The number of aromatic hydroxyl groups is 2. The summed E-state index contributed by atoms with van der Waals surface area (Å²) in [4.78, 5) is 11.0. The van der Waals surface area contributed by atoms with Gasteiger partial charge in [0, 0.05) is 5.56 Å². The molecule has 0 bridgehead atoms. The SMILES string of the molecule is COC(=O)C(N)c1cccc(O)c1O.Cl. The third-order valence-electron chi connectivity index (χ3n) is 1.84. The zero-order valence-corrected chi connectivity index (χ0v) is 8.82. The molecule has 0 heterocycles. The lowest BCUT2D eigenvalue weighted by Gasteiger charge is -2.11. The van der Waals surface area contributed by atoms with Crippen LogP contribution in [-0.4, -0.2) is 23.3 Å². The van der Waals surface area contributed by atoms with Gasteiger partial charge in [0.15, 0.2) is 11.5 Å². The Morgan fingerprint density at radius 2 is 2.07 bits per heavy atom. The summed E-state index contributed by atoms with van der Waals surface area (Å²) in [6.45, 7) is 0. The van der Waals surface area contributed by atoms with Gasteiger partial charge in [-0.05, 0) is 6.07 Å². The summed E-state index contributed by atoms with van der Waals surface area (Å²) in [7, 11) is 1.20. The van der Waals surface area contributed by atoms with Gasteiger partial charge in [-0.15, -0.1) is 12.4 Å². The Bertz CT molecular complexity index is 356. The van der Waals surface area contributed by atoms with Crippen molar-refractivity contribution in [3.05, 3.63) is 23.8 Å². The summed E-state index contributed by atoms with van der Waals surface area (Å²) in [6.07, 6.45) is 0. The highest BCUT2D eigenvalue weighted by atomic mass is 35.5. The van der Waals surface area contributed by atoms with Gasteiger partial charge in [-0.25, -0.2) is 0 Å². The van der Waals surface area contributed by atoms with E-state index in [0.717, 1.165) is 0 Å². The molecule has 1 rings (SSSR count). The number of methoxy groups -OCH3 is 1. The number of halogens is 1. The summed E-state index contributed by atoms with van der Waals surface area (Å²) in [5, 5.41) is 18.5. The molecular formula is C9H12ClNO4. The molecule has 4 N–H and O–H groups in total. The van der Waals surface area contributed by atoms with Crippen LogP contribution < -0.4 is 5.73 Å². The summed E-state index contributed by atoms with van der Waals surface area (Å²) < 4.78 is 4.40. The quantitative estimate of drug-likeness (QED) is 0.516. The van der Waals surface area contributed by atoms with Crippen LogP contribution in [0.15, 0.2) is 18.2 Å². The zero-order chi connectivity index (χ0) is 10.7. The molecule has 1 unspecified atom stereocenters. The molecule has 0 aliphatic heterocycles. The first-order valence-corrected chi connectivity index (χ1v) is 3.92. The number of para-hydroxylation sites is 1. The van der Waals surface area contributed by atoms with E-state index in [0.29, 0.717) is 0 Å². The van der Waals surface area contributed by atoms with Crippen LogP contribution in [0.4, 0.5) is 0 Å². The van der Waals surface area contributed by atoms with Gasteiger partial charge < -0.3 is 20.7 Å². The number of ether oxygens (including phenoxy) is 1. The van der Waals surface area contributed by atoms with E-state index >= 15 is 0 Å². The molecule has 0 aliphatic rings. The molecule has 0 spiro atoms. The van der Waals surface area contributed by atoms with Crippen molar-refractivity contribution in [3.63, 3.8) is 0 Å². The molecule has 1 aromatic rings. The first kappa shape index (κ1) is 13.5. The number of hydrogen-bond donors (Lipinski definition) is 3. The van der Waals surface area contributed by atoms with E-state index in [-0.39, 0.29) is 23.7 Å². The fraction of sp³-hybridized carbons (Fsp3) is 0.222. The molecule has 0 saturated carbocycles. The smallest absolute Gasteiger partial charge is 0.327 e. The van der Waals surface area contributed by atoms with Crippen LogP contribution in [0, 0.1) is 0 Å². The Morgan fingerprint density at radius 3 is 2.60 bits per heavy atom. The number of phenols is 2. The van der Waals surface area contributed by atoms with Crippen molar-refractivity contribution in [2.24, 2.45) is 5.73 Å². The number of nitrogens with two attached hydrogens (primary N) is 1. The van der Waals surface area contributed by atoms with Crippen LogP contribution in [0.2, 0.25) is 0 Å². The third kappa shape index (κ3) is 2.74. The number of hydrogen-bond acceptors (Lipinski definition) is 5. The summed E-state index contributed by atoms with van der Waals surface area (Å²) in [5.41, 5.74) is 5.61. The lowest BCUT2D eigenvalue weighted by atomic mass is 10.1. The van der Waals surface area contributed by atoms with E-state index in [1.165, 1.54) is 25.3 Å². The second-order valence-electron chi connectivity index (χ2n) is 2.72. The maximum absolute atomic E-state index is 11.0. The number of phenolic OH excluding ortho intramolecular Hbond substituents is 2. The van der Waals surface area contributed by atoms with Crippen molar-refractivity contribution in [1.29, 1.82) is 0 Å². The monoisotopic (exact) mass is 233 g/mol. The van der Waals surface area contributed by atoms with Gasteiger partial charge in [-0.2, -0.15) is 0 Å². The van der Waals surface area contributed by atoms with Crippen LogP contribution in [0.5, 0.6) is 11.5 Å². The van der Waals surface area contributed by atoms with Crippen LogP contribution >= 0.6 is 12.4 Å². The number of carbonyl (C=O) groups is 1. The average molecular weight is 234 g/mol. The van der Waals surface area contributed by atoms with Gasteiger partial charge in [-0.1, -0.05) is 12.1 Å². The van der Waals surface area contributed by atoms with Gasteiger partial charge >= 0.3 is 5.97 Å². The standard InChI is InChI=1S/C9H11NO4.ClH/c1-14-9(13)7(10)5-3-2-4-6(11)8(5)12;/h2-4,7,11-12H,10H2,1H3;1H. The van der Waals surface area contributed by atoms with Gasteiger partial charge in [0.1, 0.15) is 6.04 Å². The fourth-order valence-electron chi connectivity index (χ4n) is 1.05. The topological polar surface area (TPSA) is 92.8 Å². The minimum atomic E-state index is -1.09. The third-order valence-corrected chi connectivity index (χ3v) is 1.84. The highest BCUT2D eigenvalue weighted by Crippen LogP contribution is 2.31. The molecule has 0 aromatic heterocycles. The Kier molecular flexibility index (Phi) is 4.90. The second kappa shape index (κ2) is 5.43. The fourth-order valence-corrected chi connectivity index (χ4v) is 1.05. The van der Waals surface area contributed by atoms with E-state index in [1.54, 1.807) is 0 Å². The van der Waals surface area contributed by atoms with Crippen molar-refractivity contribution < 1.29 is 19.7 Å². The van der Waals surface area contributed by atoms with E-state index in [1.807, 2.05) is 0 Å². The van der Waals surface area contributed by atoms with Crippen LogP contribution in [0.1, 0.15) is 11.6 Å². The van der Waals surface area contributed by atoms with Gasteiger partial charge in [0.05, 0.1) is 7.11 Å². The number of rotatable bonds is 2. The Balaban J connectivity index is 0.00000196. The lowest BCUT2D eigenvalue weighted by Crippen LogP contribution is -2.22. The molecule has 0 saturated heterocycles. The minimum Gasteiger partial charge on any atom is -0.504 e. The number of carbonyl (C=O) groups excluding carboxylic acids is 1. The summed E-state index contributed by atoms with van der Waals surface area (Å²) in [5.74, 6) is -1.39. The average Bonchev–Trinajstić information content (AvgIpc) is 2.20. The van der Waals surface area contributed by atoms with Crippen molar-refractivity contribution in [2.75, 3.05) is 7.11 Å². The molecule has 0 radical (unpaired) electrons. The molecule has 5 nitrogen and oxygen atoms in total. The van der Waals surface area contributed by atoms with Crippen molar-refractivity contribution in [1.82, 2.24) is 0 Å².